The maximum Gasteiger partial charge on any atom is 0.251 e. The van der Waals surface area contributed by atoms with E-state index in [9.17, 15) is 14.7 Å². The molecule has 5 heteroatoms. The molecule has 1 fully saturated rings. The summed E-state index contributed by atoms with van der Waals surface area (Å²) in [4.78, 5) is 24.1. The standard InChI is InChI=1S/C21H20N2O3/c1-12-9-14(7-8-16(12)20(25)13-5-6-13)21(26)22-11-15-3-2-4-18-17(15)10-19(24)23-18/h2-4,7-9,25H,5-6,10-11H2,1H3,(H,22,26)(H,23,24). The van der Waals surface area contributed by atoms with E-state index in [1.165, 1.54) is 0 Å². The number of amides is 2. The predicted molar refractivity (Wildman–Crippen MR) is 99.9 cm³/mol. The normalized spacial score (nSPS) is 14.7. The highest BCUT2D eigenvalue weighted by Crippen LogP contribution is 2.35. The monoisotopic (exact) mass is 348 g/mol. The number of hydrogen-bond donors (Lipinski definition) is 3. The Morgan fingerprint density at radius 1 is 1.23 bits per heavy atom. The molecule has 2 aliphatic rings. The zero-order valence-electron chi connectivity index (χ0n) is 14.6. The molecule has 1 aliphatic heterocycles. The molecule has 132 valence electrons. The van der Waals surface area contributed by atoms with Gasteiger partial charge in [0.05, 0.1) is 6.42 Å². The van der Waals surface area contributed by atoms with Gasteiger partial charge in [-0.25, -0.2) is 0 Å². The molecule has 1 heterocycles. The van der Waals surface area contributed by atoms with Crippen molar-refractivity contribution in [1.82, 2.24) is 5.32 Å². The summed E-state index contributed by atoms with van der Waals surface area (Å²) in [7, 11) is 0. The number of carbonyl (C=O) groups excluding carboxylic acids is 2. The molecule has 1 saturated carbocycles. The van der Waals surface area contributed by atoms with Crippen molar-refractivity contribution in [2.75, 3.05) is 5.32 Å². The number of hydrogen-bond acceptors (Lipinski definition) is 3. The lowest BCUT2D eigenvalue weighted by atomic mass is 10.0. The van der Waals surface area contributed by atoms with Crippen LogP contribution in [0.25, 0.3) is 5.76 Å². The molecule has 26 heavy (non-hydrogen) atoms. The third-order valence-corrected chi connectivity index (χ3v) is 4.90. The van der Waals surface area contributed by atoms with E-state index in [2.05, 4.69) is 10.6 Å². The highest BCUT2D eigenvalue weighted by Gasteiger charge is 2.21. The molecule has 0 aromatic heterocycles. The Balaban J connectivity index is 1.48. The first-order valence-corrected chi connectivity index (χ1v) is 8.74. The summed E-state index contributed by atoms with van der Waals surface area (Å²) in [5.41, 5.74) is 6.02. The number of aliphatic hydroxyl groups is 1. The third kappa shape index (κ3) is 3.08. The van der Waals surface area contributed by atoms with E-state index in [1.54, 1.807) is 18.2 Å². The fraction of sp³-hybridized carbons (Fsp3) is 0.238. The maximum absolute atomic E-state index is 12.5. The predicted octanol–water partition coefficient (Wildman–Crippen LogP) is 3.48. The first kappa shape index (κ1) is 16.4. The van der Waals surface area contributed by atoms with Crippen molar-refractivity contribution in [3.63, 3.8) is 0 Å². The van der Waals surface area contributed by atoms with Crippen molar-refractivity contribution in [3.05, 3.63) is 69.8 Å². The third-order valence-electron chi connectivity index (χ3n) is 4.90. The summed E-state index contributed by atoms with van der Waals surface area (Å²) in [5.74, 6) is 0.161. The molecule has 1 aliphatic carbocycles. The lowest BCUT2D eigenvalue weighted by Gasteiger charge is -2.11. The van der Waals surface area contributed by atoms with Crippen LogP contribution in [0.1, 0.15) is 45.5 Å². The van der Waals surface area contributed by atoms with Crippen LogP contribution in [0.15, 0.2) is 42.0 Å². The van der Waals surface area contributed by atoms with Gasteiger partial charge < -0.3 is 15.7 Å². The van der Waals surface area contributed by atoms with Crippen molar-refractivity contribution in [3.8, 4) is 0 Å². The molecular weight excluding hydrogens is 328 g/mol. The van der Waals surface area contributed by atoms with Gasteiger partial charge in [0.25, 0.3) is 5.91 Å². The molecular formula is C21H20N2O3. The van der Waals surface area contributed by atoms with Crippen LogP contribution in [0.4, 0.5) is 5.69 Å². The topological polar surface area (TPSA) is 78.4 Å². The number of rotatable bonds is 4. The smallest absolute Gasteiger partial charge is 0.251 e. The Morgan fingerprint density at radius 2 is 2.04 bits per heavy atom. The van der Waals surface area contributed by atoms with Crippen LogP contribution < -0.4 is 10.6 Å². The Kier molecular flexibility index (Phi) is 3.99. The van der Waals surface area contributed by atoms with E-state index in [0.717, 1.165) is 46.4 Å². The van der Waals surface area contributed by atoms with Gasteiger partial charge in [-0.15, -0.1) is 0 Å². The Hall–Kier alpha value is -3.08. The van der Waals surface area contributed by atoms with E-state index < -0.39 is 0 Å². The van der Waals surface area contributed by atoms with Crippen molar-refractivity contribution in [2.45, 2.75) is 32.7 Å². The number of aliphatic hydroxyl groups excluding tert-OH is 1. The number of benzene rings is 2. The number of allylic oxidation sites excluding steroid dienone is 1. The van der Waals surface area contributed by atoms with E-state index >= 15 is 0 Å². The molecule has 5 nitrogen and oxygen atoms in total. The highest BCUT2D eigenvalue weighted by atomic mass is 16.3. The van der Waals surface area contributed by atoms with Gasteiger partial charge in [-0.3, -0.25) is 9.59 Å². The molecule has 0 bridgehead atoms. The van der Waals surface area contributed by atoms with E-state index in [4.69, 9.17) is 0 Å². The maximum atomic E-state index is 12.5. The van der Waals surface area contributed by atoms with E-state index in [1.807, 2.05) is 25.1 Å². The number of fused-ring (bicyclic) bond motifs is 1. The number of anilines is 1. The minimum atomic E-state index is -0.173. The lowest BCUT2D eigenvalue weighted by molar-refractivity contribution is -0.115. The molecule has 2 aromatic carbocycles. The molecule has 4 rings (SSSR count). The molecule has 3 N–H and O–H groups in total. The Labute approximate surface area is 151 Å². The zero-order valence-corrected chi connectivity index (χ0v) is 14.6. The zero-order chi connectivity index (χ0) is 18.3. The van der Waals surface area contributed by atoms with Crippen molar-refractivity contribution in [1.29, 1.82) is 0 Å². The second kappa shape index (κ2) is 6.33. The summed E-state index contributed by atoms with van der Waals surface area (Å²) in [5, 5.41) is 15.9. The largest absolute Gasteiger partial charge is 0.507 e. The van der Waals surface area contributed by atoms with Gasteiger partial charge in [-0.2, -0.15) is 0 Å². The van der Waals surface area contributed by atoms with Crippen LogP contribution in [-0.4, -0.2) is 16.9 Å². The van der Waals surface area contributed by atoms with Gasteiger partial charge in [0.2, 0.25) is 5.91 Å². The average Bonchev–Trinajstić information content (AvgIpc) is 3.40. The minimum absolute atomic E-state index is 0.0189. The highest BCUT2D eigenvalue weighted by molar-refractivity contribution is 5.99. The van der Waals surface area contributed by atoms with Crippen molar-refractivity contribution >= 4 is 23.3 Å². The summed E-state index contributed by atoms with van der Waals surface area (Å²) in [6, 6.07) is 11.0. The fourth-order valence-electron chi connectivity index (χ4n) is 3.32. The molecule has 2 amide bonds. The van der Waals surface area contributed by atoms with Crippen LogP contribution in [0.3, 0.4) is 0 Å². The van der Waals surface area contributed by atoms with E-state index in [0.29, 0.717) is 24.3 Å². The minimum Gasteiger partial charge on any atom is -0.507 e. The van der Waals surface area contributed by atoms with Gasteiger partial charge in [0.1, 0.15) is 5.76 Å². The molecule has 0 atom stereocenters. The summed E-state index contributed by atoms with van der Waals surface area (Å²) in [6.07, 6.45) is 2.25. The van der Waals surface area contributed by atoms with Crippen molar-refractivity contribution in [2.24, 2.45) is 0 Å². The van der Waals surface area contributed by atoms with Crippen LogP contribution >= 0.6 is 0 Å². The van der Waals surface area contributed by atoms with Gasteiger partial charge >= 0.3 is 0 Å². The average molecular weight is 348 g/mol. The van der Waals surface area contributed by atoms with E-state index in [-0.39, 0.29) is 11.8 Å². The molecule has 0 spiro atoms. The first-order valence-electron chi connectivity index (χ1n) is 8.74. The quantitative estimate of drug-likeness (QED) is 0.740. The van der Waals surface area contributed by atoms with Crippen LogP contribution in [0.5, 0.6) is 0 Å². The molecule has 0 saturated heterocycles. The Morgan fingerprint density at radius 3 is 2.77 bits per heavy atom. The Bertz CT molecular complexity index is 954. The van der Waals surface area contributed by atoms with Gasteiger partial charge in [-0.1, -0.05) is 18.2 Å². The second-order valence-electron chi connectivity index (χ2n) is 6.83. The van der Waals surface area contributed by atoms with Crippen molar-refractivity contribution < 1.29 is 14.7 Å². The first-order chi connectivity index (χ1) is 12.5. The van der Waals surface area contributed by atoms with Crippen LogP contribution in [-0.2, 0) is 17.8 Å². The lowest BCUT2D eigenvalue weighted by Crippen LogP contribution is -2.23. The van der Waals surface area contributed by atoms with Gasteiger partial charge in [-0.05, 0) is 60.2 Å². The van der Waals surface area contributed by atoms with Crippen LogP contribution in [0.2, 0.25) is 0 Å². The summed E-state index contributed by atoms with van der Waals surface area (Å²) < 4.78 is 0. The summed E-state index contributed by atoms with van der Waals surface area (Å²) >= 11 is 0. The molecule has 2 aromatic rings. The summed E-state index contributed by atoms with van der Waals surface area (Å²) in [6.45, 7) is 2.26. The fourth-order valence-corrected chi connectivity index (χ4v) is 3.32. The number of nitrogens with one attached hydrogen (secondary N) is 2. The molecule has 0 unspecified atom stereocenters. The number of aryl methyl sites for hydroxylation is 1. The number of carbonyl (C=O) groups is 2. The SMILES string of the molecule is Cc1cc(C(=O)NCc2cccc3c2CC(=O)N3)ccc1C(O)=C1CC1. The molecule has 0 radical (unpaired) electrons. The van der Waals surface area contributed by atoms with Gasteiger partial charge in [0.15, 0.2) is 0 Å². The van der Waals surface area contributed by atoms with Gasteiger partial charge in [0, 0.05) is 23.4 Å². The van der Waals surface area contributed by atoms with Crippen LogP contribution in [0, 0.1) is 6.92 Å². The second-order valence-corrected chi connectivity index (χ2v) is 6.83.